The van der Waals surface area contributed by atoms with Gasteiger partial charge in [-0.3, -0.25) is 0 Å². The Morgan fingerprint density at radius 3 is 2.27 bits per heavy atom. The van der Waals surface area contributed by atoms with Crippen LogP contribution in [-0.2, 0) is 16.1 Å². The van der Waals surface area contributed by atoms with Gasteiger partial charge >= 0.3 is 5.97 Å². The molecule has 0 amide bonds. The summed E-state index contributed by atoms with van der Waals surface area (Å²) in [5.41, 5.74) is 1.13. The van der Waals surface area contributed by atoms with Gasteiger partial charge < -0.3 is 9.47 Å². The van der Waals surface area contributed by atoms with E-state index in [0.29, 0.717) is 12.2 Å². The molecule has 0 fully saturated rings. The summed E-state index contributed by atoms with van der Waals surface area (Å²) >= 11 is 0. The van der Waals surface area contributed by atoms with Crippen molar-refractivity contribution in [3.05, 3.63) is 65.7 Å². The Hall–Kier alpha value is -2.29. The SMILES string of the molecule is CC[C@@](C)(Oc1ccc(C)cc1)C(=O)OCc1ccccc1. The van der Waals surface area contributed by atoms with Crippen molar-refractivity contribution < 1.29 is 14.3 Å². The standard InChI is InChI=1S/C19H22O3/c1-4-19(3,22-17-12-10-15(2)11-13-17)18(20)21-14-16-8-6-5-7-9-16/h5-13H,4,14H2,1-3H3/t19-/m1/s1. The number of hydrogen-bond acceptors (Lipinski definition) is 3. The third-order valence-electron chi connectivity index (χ3n) is 3.68. The molecule has 0 N–H and O–H groups in total. The largest absolute Gasteiger partial charge is 0.476 e. The molecule has 1 atom stereocenters. The third-order valence-corrected chi connectivity index (χ3v) is 3.68. The van der Waals surface area contributed by atoms with Crippen LogP contribution in [0.4, 0.5) is 0 Å². The van der Waals surface area contributed by atoms with Crippen LogP contribution >= 0.6 is 0 Å². The third kappa shape index (κ3) is 4.10. The van der Waals surface area contributed by atoms with Crippen molar-refractivity contribution in [2.45, 2.75) is 39.4 Å². The first kappa shape index (κ1) is 16.1. The molecule has 0 radical (unpaired) electrons. The van der Waals surface area contributed by atoms with E-state index in [2.05, 4.69) is 0 Å². The highest BCUT2D eigenvalue weighted by molar-refractivity contribution is 5.79. The lowest BCUT2D eigenvalue weighted by Gasteiger charge is -2.27. The number of esters is 1. The van der Waals surface area contributed by atoms with Crippen LogP contribution in [-0.4, -0.2) is 11.6 Å². The predicted octanol–water partition coefficient (Wildman–Crippen LogP) is 4.29. The second kappa shape index (κ2) is 7.12. The molecule has 0 saturated carbocycles. The van der Waals surface area contributed by atoms with E-state index in [0.717, 1.165) is 11.1 Å². The average molecular weight is 298 g/mol. The van der Waals surface area contributed by atoms with E-state index in [1.54, 1.807) is 6.92 Å². The Balaban J connectivity index is 2.01. The lowest BCUT2D eigenvalue weighted by atomic mass is 10.0. The van der Waals surface area contributed by atoms with Gasteiger partial charge in [0.15, 0.2) is 0 Å². The molecular formula is C19H22O3. The molecule has 0 aliphatic heterocycles. The van der Waals surface area contributed by atoms with Crippen molar-refractivity contribution in [2.75, 3.05) is 0 Å². The van der Waals surface area contributed by atoms with Crippen molar-refractivity contribution in [1.29, 1.82) is 0 Å². The molecule has 0 saturated heterocycles. The minimum Gasteiger partial charge on any atom is -0.476 e. The fourth-order valence-corrected chi connectivity index (χ4v) is 2.00. The molecule has 2 aromatic rings. The minimum absolute atomic E-state index is 0.256. The van der Waals surface area contributed by atoms with Crippen LogP contribution in [0.15, 0.2) is 54.6 Å². The topological polar surface area (TPSA) is 35.5 Å². The number of hydrogen-bond donors (Lipinski definition) is 0. The number of carbonyl (C=O) groups is 1. The fraction of sp³-hybridized carbons (Fsp3) is 0.316. The van der Waals surface area contributed by atoms with Crippen molar-refractivity contribution in [3.63, 3.8) is 0 Å². The molecule has 0 bridgehead atoms. The second-order valence-corrected chi connectivity index (χ2v) is 5.56. The molecule has 3 nitrogen and oxygen atoms in total. The molecule has 22 heavy (non-hydrogen) atoms. The highest BCUT2D eigenvalue weighted by Gasteiger charge is 2.35. The molecule has 2 rings (SSSR count). The molecule has 0 heterocycles. The number of carbonyl (C=O) groups excluding carboxylic acids is 1. The van der Waals surface area contributed by atoms with Gasteiger partial charge in [-0.25, -0.2) is 4.79 Å². The fourth-order valence-electron chi connectivity index (χ4n) is 2.00. The molecule has 2 aromatic carbocycles. The van der Waals surface area contributed by atoms with Crippen molar-refractivity contribution in [3.8, 4) is 5.75 Å². The van der Waals surface area contributed by atoms with Gasteiger partial charge in [0.05, 0.1) is 0 Å². The Bertz CT molecular complexity index is 604. The lowest BCUT2D eigenvalue weighted by molar-refractivity contribution is -0.162. The van der Waals surface area contributed by atoms with Crippen molar-refractivity contribution in [1.82, 2.24) is 0 Å². The first-order valence-electron chi connectivity index (χ1n) is 7.50. The van der Waals surface area contributed by atoms with Crippen molar-refractivity contribution >= 4 is 5.97 Å². The summed E-state index contributed by atoms with van der Waals surface area (Å²) in [5.74, 6) is 0.325. The Kier molecular flexibility index (Phi) is 5.21. The van der Waals surface area contributed by atoms with E-state index in [-0.39, 0.29) is 12.6 Å². The Labute approximate surface area is 131 Å². The smallest absolute Gasteiger partial charge is 0.350 e. The number of rotatable bonds is 6. The molecule has 0 spiro atoms. The average Bonchev–Trinajstić information content (AvgIpc) is 2.55. The highest BCUT2D eigenvalue weighted by atomic mass is 16.6. The van der Waals surface area contributed by atoms with Crippen LogP contribution in [0.25, 0.3) is 0 Å². The van der Waals surface area contributed by atoms with E-state index < -0.39 is 5.60 Å². The Morgan fingerprint density at radius 1 is 1.05 bits per heavy atom. The van der Waals surface area contributed by atoms with E-state index in [4.69, 9.17) is 9.47 Å². The maximum Gasteiger partial charge on any atom is 0.350 e. The quantitative estimate of drug-likeness (QED) is 0.746. The first-order valence-corrected chi connectivity index (χ1v) is 7.50. The van der Waals surface area contributed by atoms with Gasteiger partial charge in [-0.2, -0.15) is 0 Å². The second-order valence-electron chi connectivity index (χ2n) is 5.56. The van der Waals surface area contributed by atoms with E-state index >= 15 is 0 Å². The number of benzene rings is 2. The van der Waals surface area contributed by atoms with Crippen LogP contribution in [0.2, 0.25) is 0 Å². The van der Waals surface area contributed by atoms with Gasteiger partial charge in [-0.15, -0.1) is 0 Å². The monoisotopic (exact) mass is 298 g/mol. The summed E-state index contributed by atoms with van der Waals surface area (Å²) in [4.78, 5) is 12.4. The number of ether oxygens (including phenoxy) is 2. The van der Waals surface area contributed by atoms with Crippen LogP contribution in [0.5, 0.6) is 5.75 Å². The maximum absolute atomic E-state index is 12.4. The highest BCUT2D eigenvalue weighted by Crippen LogP contribution is 2.23. The predicted molar refractivity (Wildman–Crippen MR) is 86.7 cm³/mol. The van der Waals surface area contributed by atoms with Crippen LogP contribution < -0.4 is 4.74 Å². The van der Waals surface area contributed by atoms with Gasteiger partial charge in [0.1, 0.15) is 12.4 Å². The first-order chi connectivity index (χ1) is 10.5. The van der Waals surface area contributed by atoms with Crippen LogP contribution in [0.3, 0.4) is 0 Å². The van der Waals surface area contributed by atoms with Gasteiger partial charge in [-0.05, 0) is 38.0 Å². The molecule has 0 aromatic heterocycles. The summed E-state index contributed by atoms with van der Waals surface area (Å²) in [6.07, 6.45) is 0.536. The van der Waals surface area contributed by atoms with E-state index in [9.17, 15) is 4.79 Å². The van der Waals surface area contributed by atoms with Crippen LogP contribution in [0.1, 0.15) is 31.4 Å². The lowest BCUT2D eigenvalue weighted by Crippen LogP contribution is -2.42. The molecule has 0 aliphatic rings. The maximum atomic E-state index is 12.4. The summed E-state index contributed by atoms with van der Waals surface area (Å²) in [7, 11) is 0. The minimum atomic E-state index is -0.982. The van der Waals surface area contributed by atoms with Gasteiger partial charge in [0, 0.05) is 0 Å². The summed E-state index contributed by atoms with van der Waals surface area (Å²) < 4.78 is 11.3. The molecule has 0 aliphatic carbocycles. The van der Waals surface area contributed by atoms with Gasteiger partial charge in [0.25, 0.3) is 0 Å². The Morgan fingerprint density at radius 2 is 1.68 bits per heavy atom. The molecule has 3 heteroatoms. The summed E-state index contributed by atoms with van der Waals surface area (Å²) in [6, 6.07) is 17.3. The van der Waals surface area contributed by atoms with Crippen LogP contribution in [0, 0.1) is 6.92 Å². The summed E-state index contributed by atoms with van der Waals surface area (Å²) in [5, 5.41) is 0. The van der Waals surface area contributed by atoms with E-state index in [1.165, 1.54) is 0 Å². The zero-order valence-electron chi connectivity index (χ0n) is 13.3. The zero-order chi connectivity index (χ0) is 16.0. The molecule has 0 unspecified atom stereocenters. The normalized spacial score (nSPS) is 13.2. The van der Waals surface area contributed by atoms with Gasteiger partial charge in [-0.1, -0.05) is 55.0 Å². The van der Waals surface area contributed by atoms with Crippen molar-refractivity contribution in [2.24, 2.45) is 0 Å². The zero-order valence-corrected chi connectivity index (χ0v) is 13.3. The molecular weight excluding hydrogens is 276 g/mol. The molecule has 116 valence electrons. The summed E-state index contributed by atoms with van der Waals surface area (Å²) in [6.45, 7) is 5.95. The van der Waals surface area contributed by atoms with E-state index in [1.807, 2.05) is 68.4 Å². The van der Waals surface area contributed by atoms with Gasteiger partial charge in [0.2, 0.25) is 5.60 Å². The number of aryl methyl sites for hydroxylation is 1.